The van der Waals surface area contributed by atoms with Crippen molar-refractivity contribution in [2.24, 2.45) is 0 Å². The first kappa shape index (κ1) is 16.1. The predicted molar refractivity (Wildman–Crippen MR) is 86.2 cm³/mol. The predicted octanol–water partition coefficient (Wildman–Crippen LogP) is 2.33. The maximum absolute atomic E-state index is 11.7. The molecular formula is C17H24N2O4. The van der Waals surface area contributed by atoms with Gasteiger partial charge in [-0.25, -0.2) is 4.79 Å². The minimum Gasteiger partial charge on any atom is -0.444 e. The van der Waals surface area contributed by atoms with Crippen LogP contribution in [0, 0.1) is 0 Å². The van der Waals surface area contributed by atoms with Crippen LogP contribution in [0.25, 0.3) is 0 Å². The normalized spacial score (nSPS) is 26.0. The molecule has 0 saturated carbocycles. The Morgan fingerprint density at radius 2 is 2.26 bits per heavy atom. The van der Waals surface area contributed by atoms with E-state index in [1.807, 2.05) is 39.0 Å². The third kappa shape index (κ3) is 3.76. The summed E-state index contributed by atoms with van der Waals surface area (Å²) in [4.78, 5) is 11.7. The average molecular weight is 320 g/mol. The Hall–Kier alpha value is -1.79. The van der Waals surface area contributed by atoms with E-state index >= 15 is 0 Å². The SMILES string of the molecule is CC(C)(C)OC(=O)NCc1ccc2c(c1)[C@@H]1C[C@H](N2)[C@H](O)CO1. The maximum atomic E-state index is 11.7. The number of alkyl carbamates (subject to hydrolysis) is 1. The van der Waals surface area contributed by atoms with Crippen LogP contribution in [0.15, 0.2) is 18.2 Å². The van der Waals surface area contributed by atoms with Gasteiger partial charge in [0, 0.05) is 24.2 Å². The number of hydrogen-bond donors (Lipinski definition) is 3. The number of carbonyl (C=O) groups excluding carboxylic acids is 1. The molecule has 2 bridgehead atoms. The van der Waals surface area contributed by atoms with E-state index in [0.717, 1.165) is 23.2 Å². The van der Waals surface area contributed by atoms with Gasteiger partial charge in [0.1, 0.15) is 5.60 Å². The maximum Gasteiger partial charge on any atom is 0.407 e. The number of aliphatic hydroxyl groups is 1. The standard InChI is InChI=1S/C17H24N2O4/c1-17(2,3)23-16(21)18-8-10-4-5-12-11(6-10)15-7-13(19-12)14(20)9-22-15/h4-6,13-15,19-20H,7-9H2,1-3H3,(H,18,21)/t13-,14+,15-/m0/s1. The number of hydrogen-bond acceptors (Lipinski definition) is 5. The molecular weight excluding hydrogens is 296 g/mol. The van der Waals surface area contributed by atoms with E-state index in [0.29, 0.717) is 13.2 Å². The van der Waals surface area contributed by atoms with Crippen molar-refractivity contribution in [1.29, 1.82) is 0 Å². The second-order valence-electron chi connectivity index (χ2n) is 7.15. The van der Waals surface area contributed by atoms with E-state index in [-0.39, 0.29) is 12.1 Å². The summed E-state index contributed by atoms with van der Waals surface area (Å²) in [6.07, 6.45) is -0.128. The largest absolute Gasteiger partial charge is 0.444 e. The molecule has 0 spiro atoms. The topological polar surface area (TPSA) is 79.8 Å². The van der Waals surface area contributed by atoms with Gasteiger partial charge in [0.05, 0.1) is 24.9 Å². The molecule has 3 rings (SSSR count). The van der Waals surface area contributed by atoms with E-state index in [9.17, 15) is 9.90 Å². The summed E-state index contributed by atoms with van der Waals surface area (Å²) in [7, 11) is 0. The number of aliphatic hydroxyl groups excluding tert-OH is 1. The molecule has 6 heteroatoms. The molecule has 0 aliphatic carbocycles. The molecule has 1 fully saturated rings. The molecule has 0 radical (unpaired) electrons. The number of benzene rings is 1. The fourth-order valence-electron chi connectivity index (χ4n) is 2.97. The molecule has 1 saturated heterocycles. The summed E-state index contributed by atoms with van der Waals surface area (Å²) in [6.45, 7) is 6.26. The van der Waals surface area contributed by atoms with Crippen molar-refractivity contribution in [2.75, 3.05) is 11.9 Å². The van der Waals surface area contributed by atoms with Gasteiger partial charge in [-0.2, -0.15) is 0 Å². The van der Waals surface area contributed by atoms with Crippen LogP contribution in [0.1, 0.15) is 44.4 Å². The van der Waals surface area contributed by atoms with Gasteiger partial charge in [-0.1, -0.05) is 6.07 Å². The number of carbonyl (C=O) groups is 1. The van der Waals surface area contributed by atoms with E-state index < -0.39 is 17.8 Å². The minimum absolute atomic E-state index is 0.00104. The monoisotopic (exact) mass is 320 g/mol. The third-order valence-electron chi connectivity index (χ3n) is 4.04. The number of nitrogens with one attached hydrogen (secondary N) is 2. The summed E-state index contributed by atoms with van der Waals surface area (Å²) >= 11 is 0. The highest BCUT2D eigenvalue weighted by Gasteiger charge is 2.36. The smallest absolute Gasteiger partial charge is 0.407 e. The van der Waals surface area contributed by atoms with Gasteiger partial charge in [-0.3, -0.25) is 0 Å². The van der Waals surface area contributed by atoms with Crippen molar-refractivity contribution in [3.8, 4) is 0 Å². The molecule has 2 aliphatic heterocycles. The molecule has 3 N–H and O–H groups in total. The zero-order valence-corrected chi connectivity index (χ0v) is 13.8. The number of fused-ring (bicyclic) bond motifs is 4. The van der Waals surface area contributed by atoms with Gasteiger partial charge in [0.2, 0.25) is 0 Å². The average Bonchev–Trinajstić information content (AvgIpc) is 2.47. The van der Waals surface area contributed by atoms with Crippen molar-refractivity contribution in [2.45, 2.75) is 57.6 Å². The molecule has 0 aromatic heterocycles. The van der Waals surface area contributed by atoms with Gasteiger partial charge in [0.15, 0.2) is 0 Å². The van der Waals surface area contributed by atoms with Crippen molar-refractivity contribution >= 4 is 11.8 Å². The molecule has 2 aliphatic rings. The Balaban J connectivity index is 1.66. The highest BCUT2D eigenvalue weighted by molar-refractivity contribution is 5.67. The minimum atomic E-state index is -0.504. The lowest BCUT2D eigenvalue weighted by Gasteiger charge is -2.40. The summed E-state index contributed by atoms with van der Waals surface area (Å²) in [5.41, 5.74) is 2.56. The fraction of sp³-hybridized carbons (Fsp3) is 0.588. The summed E-state index contributed by atoms with van der Waals surface area (Å²) in [5, 5.41) is 16.0. The van der Waals surface area contributed by atoms with Crippen molar-refractivity contribution in [1.82, 2.24) is 5.32 Å². The lowest BCUT2D eigenvalue weighted by molar-refractivity contribution is -0.0672. The second kappa shape index (κ2) is 6.02. The van der Waals surface area contributed by atoms with Crippen LogP contribution in [-0.2, 0) is 16.0 Å². The van der Waals surface area contributed by atoms with E-state index in [1.54, 1.807) is 0 Å². The van der Waals surface area contributed by atoms with Gasteiger partial charge in [-0.05, 0) is 38.5 Å². The molecule has 23 heavy (non-hydrogen) atoms. The van der Waals surface area contributed by atoms with Gasteiger partial charge in [-0.15, -0.1) is 0 Å². The molecule has 126 valence electrons. The van der Waals surface area contributed by atoms with Crippen molar-refractivity contribution < 1.29 is 19.4 Å². The summed E-state index contributed by atoms with van der Waals surface area (Å²) in [5.74, 6) is 0. The van der Waals surface area contributed by atoms with Crippen LogP contribution in [0.4, 0.5) is 10.5 Å². The third-order valence-corrected chi connectivity index (χ3v) is 4.04. The fourth-order valence-corrected chi connectivity index (χ4v) is 2.97. The van der Waals surface area contributed by atoms with Crippen molar-refractivity contribution in [3.05, 3.63) is 29.3 Å². The number of anilines is 1. The highest BCUT2D eigenvalue weighted by atomic mass is 16.6. The molecule has 0 unspecified atom stereocenters. The van der Waals surface area contributed by atoms with Crippen LogP contribution < -0.4 is 10.6 Å². The molecule has 2 heterocycles. The number of rotatable bonds is 2. The van der Waals surface area contributed by atoms with Crippen molar-refractivity contribution in [3.63, 3.8) is 0 Å². The van der Waals surface area contributed by atoms with Gasteiger partial charge < -0.3 is 25.2 Å². The molecule has 1 amide bonds. The van der Waals surface area contributed by atoms with Crippen LogP contribution in [-0.4, -0.2) is 35.6 Å². The summed E-state index contributed by atoms with van der Waals surface area (Å²) < 4.78 is 11.0. The Labute approximate surface area is 136 Å². The quantitative estimate of drug-likeness (QED) is 0.779. The highest BCUT2D eigenvalue weighted by Crippen LogP contribution is 2.39. The van der Waals surface area contributed by atoms with Crippen LogP contribution in [0.2, 0.25) is 0 Å². The van der Waals surface area contributed by atoms with Gasteiger partial charge in [0.25, 0.3) is 0 Å². The van der Waals surface area contributed by atoms with E-state index in [1.165, 1.54) is 0 Å². The Morgan fingerprint density at radius 3 is 3.00 bits per heavy atom. The Bertz CT molecular complexity index is 597. The van der Waals surface area contributed by atoms with E-state index in [4.69, 9.17) is 9.47 Å². The first-order valence-electron chi connectivity index (χ1n) is 7.98. The lowest BCUT2D eigenvalue weighted by atomic mass is 9.89. The van der Waals surface area contributed by atoms with Crippen LogP contribution >= 0.6 is 0 Å². The molecule has 3 atom stereocenters. The zero-order chi connectivity index (χ0) is 16.6. The van der Waals surface area contributed by atoms with Crippen LogP contribution in [0.3, 0.4) is 0 Å². The molecule has 1 aromatic carbocycles. The van der Waals surface area contributed by atoms with Crippen LogP contribution in [0.5, 0.6) is 0 Å². The summed E-state index contributed by atoms with van der Waals surface area (Å²) in [6, 6.07) is 6.02. The Kier molecular flexibility index (Phi) is 4.21. The number of ether oxygens (including phenoxy) is 2. The first-order valence-corrected chi connectivity index (χ1v) is 7.98. The molecule has 6 nitrogen and oxygen atoms in total. The zero-order valence-electron chi connectivity index (χ0n) is 13.8. The number of amides is 1. The van der Waals surface area contributed by atoms with Gasteiger partial charge >= 0.3 is 6.09 Å². The first-order chi connectivity index (χ1) is 10.8. The van der Waals surface area contributed by atoms with E-state index in [2.05, 4.69) is 10.6 Å². The molecule has 1 aromatic rings. The second-order valence-corrected chi connectivity index (χ2v) is 7.15. The Morgan fingerprint density at radius 1 is 1.48 bits per heavy atom. The lowest BCUT2D eigenvalue weighted by Crippen LogP contribution is -2.46.